The summed E-state index contributed by atoms with van der Waals surface area (Å²) in [6, 6.07) is 6.30. The second-order valence-corrected chi connectivity index (χ2v) is 4.65. The Kier molecular flexibility index (Phi) is 3.02. The molecule has 7 nitrogen and oxygen atoms in total. The van der Waals surface area contributed by atoms with E-state index in [-0.39, 0.29) is 23.6 Å². The third-order valence-corrected chi connectivity index (χ3v) is 3.18. The molecule has 1 aliphatic rings. The molecule has 2 heterocycles. The molecular weight excluding hydrogens is 272 g/mol. The van der Waals surface area contributed by atoms with Crippen LogP contribution >= 0.6 is 0 Å². The predicted octanol–water partition coefficient (Wildman–Crippen LogP) is 1.26. The summed E-state index contributed by atoms with van der Waals surface area (Å²) in [5, 5.41) is 18.6. The first kappa shape index (κ1) is 13.0. The summed E-state index contributed by atoms with van der Waals surface area (Å²) in [6.45, 7) is 0. The molecule has 0 saturated heterocycles. The number of nitrogens with zero attached hydrogens (tertiary/aromatic N) is 4. The zero-order valence-electron chi connectivity index (χ0n) is 11.2. The summed E-state index contributed by atoms with van der Waals surface area (Å²) >= 11 is 0. The molecule has 1 aromatic heterocycles. The van der Waals surface area contributed by atoms with Gasteiger partial charge in [-0.2, -0.15) is 15.2 Å². The van der Waals surface area contributed by atoms with E-state index < -0.39 is 5.97 Å². The van der Waals surface area contributed by atoms with Crippen molar-refractivity contribution in [2.75, 3.05) is 5.01 Å². The quantitative estimate of drug-likeness (QED) is 0.919. The second kappa shape index (κ2) is 4.86. The van der Waals surface area contributed by atoms with E-state index in [9.17, 15) is 14.7 Å². The van der Waals surface area contributed by atoms with Crippen LogP contribution in [-0.4, -0.2) is 32.5 Å². The summed E-state index contributed by atoms with van der Waals surface area (Å²) in [6.07, 6.45) is 3.51. The average Bonchev–Trinajstić information content (AvgIpc) is 3.05. The number of carboxylic acids is 1. The van der Waals surface area contributed by atoms with Gasteiger partial charge in [0.1, 0.15) is 0 Å². The first-order valence-electron chi connectivity index (χ1n) is 6.28. The number of aryl methyl sites for hydroxylation is 1. The molecular formula is C14H12N4O3. The van der Waals surface area contributed by atoms with Crippen LogP contribution in [0.25, 0.3) is 0 Å². The molecule has 0 radical (unpaired) electrons. The normalized spacial score (nSPS) is 14.4. The number of aromatic nitrogens is 2. The molecule has 106 valence electrons. The van der Waals surface area contributed by atoms with Crippen LogP contribution in [0, 0.1) is 0 Å². The van der Waals surface area contributed by atoms with Crippen molar-refractivity contribution in [3.05, 3.63) is 47.8 Å². The highest BCUT2D eigenvalue weighted by Crippen LogP contribution is 2.26. The molecule has 7 heteroatoms. The zero-order valence-corrected chi connectivity index (χ0v) is 11.2. The van der Waals surface area contributed by atoms with E-state index in [2.05, 4.69) is 10.2 Å². The van der Waals surface area contributed by atoms with Gasteiger partial charge in [0, 0.05) is 18.8 Å². The van der Waals surface area contributed by atoms with E-state index in [4.69, 9.17) is 0 Å². The van der Waals surface area contributed by atoms with Crippen molar-refractivity contribution in [3.63, 3.8) is 0 Å². The number of para-hydroxylation sites is 1. The zero-order chi connectivity index (χ0) is 15.0. The van der Waals surface area contributed by atoms with Gasteiger partial charge in [0.25, 0.3) is 5.91 Å². The van der Waals surface area contributed by atoms with Crippen LogP contribution in [0.15, 0.2) is 41.8 Å². The van der Waals surface area contributed by atoms with Crippen LogP contribution in [-0.2, 0) is 11.8 Å². The van der Waals surface area contributed by atoms with Gasteiger partial charge in [0.15, 0.2) is 0 Å². The summed E-state index contributed by atoms with van der Waals surface area (Å²) < 4.78 is 1.62. The van der Waals surface area contributed by atoms with Gasteiger partial charge >= 0.3 is 5.97 Å². The summed E-state index contributed by atoms with van der Waals surface area (Å²) in [5.74, 6) is -1.36. The molecule has 0 atom stereocenters. The molecule has 2 aromatic rings. The highest BCUT2D eigenvalue weighted by atomic mass is 16.4. The largest absolute Gasteiger partial charge is 0.478 e. The highest BCUT2D eigenvalue weighted by molar-refractivity contribution is 6.20. The van der Waals surface area contributed by atoms with Crippen LogP contribution in [0.1, 0.15) is 22.3 Å². The SMILES string of the molecule is Cn1cc(C2=NN(c3ccccc3C(=O)O)C(=O)C2)cn1. The van der Waals surface area contributed by atoms with Crippen molar-refractivity contribution in [1.82, 2.24) is 9.78 Å². The van der Waals surface area contributed by atoms with Crippen LogP contribution < -0.4 is 5.01 Å². The van der Waals surface area contributed by atoms with Gasteiger partial charge in [-0.25, -0.2) is 4.79 Å². The number of carbonyl (C=O) groups is 2. The third kappa shape index (κ3) is 2.29. The first-order valence-corrected chi connectivity index (χ1v) is 6.28. The molecule has 0 spiro atoms. The Morgan fingerprint density at radius 2 is 2.10 bits per heavy atom. The van der Waals surface area contributed by atoms with Gasteiger partial charge in [0.05, 0.1) is 29.6 Å². The lowest BCUT2D eigenvalue weighted by Crippen LogP contribution is -2.21. The van der Waals surface area contributed by atoms with Crippen molar-refractivity contribution in [3.8, 4) is 0 Å². The molecule has 0 aliphatic carbocycles. The molecule has 0 unspecified atom stereocenters. The van der Waals surface area contributed by atoms with Gasteiger partial charge in [-0.1, -0.05) is 12.1 Å². The van der Waals surface area contributed by atoms with Gasteiger partial charge in [-0.15, -0.1) is 0 Å². The highest BCUT2D eigenvalue weighted by Gasteiger charge is 2.29. The molecule has 1 N–H and O–H groups in total. The summed E-state index contributed by atoms with van der Waals surface area (Å²) in [4.78, 5) is 23.4. The first-order chi connectivity index (χ1) is 10.1. The number of aromatic carboxylic acids is 1. The Hall–Kier alpha value is -2.96. The number of hydrogen-bond donors (Lipinski definition) is 1. The van der Waals surface area contributed by atoms with Crippen molar-refractivity contribution in [2.24, 2.45) is 12.1 Å². The minimum Gasteiger partial charge on any atom is -0.478 e. The average molecular weight is 284 g/mol. The van der Waals surface area contributed by atoms with Gasteiger partial charge in [-0.05, 0) is 12.1 Å². The lowest BCUT2D eigenvalue weighted by Gasteiger charge is -2.13. The summed E-state index contributed by atoms with van der Waals surface area (Å²) in [7, 11) is 1.78. The van der Waals surface area contributed by atoms with E-state index in [1.54, 1.807) is 42.3 Å². The van der Waals surface area contributed by atoms with Gasteiger partial charge in [-0.3, -0.25) is 9.48 Å². The molecule has 1 amide bonds. The van der Waals surface area contributed by atoms with Crippen LogP contribution in [0.4, 0.5) is 5.69 Å². The van der Waals surface area contributed by atoms with Crippen LogP contribution in [0.2, 0.25) is 0 Å². The van der Waals surface area contributed by atoms with Crippen molar-refractivity contribution in [2.45, 2.75) is 6.42 Å². The minimum absolute atomic E-state index is 0.0436. The molecule has 0 fully saturated rings. The standard InChI is InChI=1S/C14H12N4O3/c1-17-8-9(7-15-17)11-6-13(19)18(16-11)12-5-3-2-4-10(12)14(20)21/h2-5,7-8H,6H2,1H3,(H,20,21). The molecule has 1 aliphatic heterocycles. The predicted molar refractivity (Wildman–Crippen MR) is 75.2 cm³/mol. The van der Waals surface area contributed by atoms with E-state index in [1.807, 2.05) is 0 Å². The fraction of sp³-hybridized carbons (Fsp3) is 0.143. The van der Waals surface area contributed by atoms with E-state index in [0.717, 1.165) is 10.6 Å². The molecule has 0 bridgehead atoms. The maximum atomic E-state index is 12.1. The lowest BCUT2D eigenvalue weighted by molar-refractivity contribution is -0.116. The Bertz CT molecular complexity index is 763. The Balaban J connectivity index is 2.02. The topological polar surface area (TPSA) is 87.8 Å². The van der Waals surface area contributed by atoms with Crippen LogP contribution in [0.3, 0.4) is 0 Å². The molecule has 21 heavy (non-hydrogen) atoms. The number of carboxylic acid groups (broad SMARTS) is 1. The fourth-order valence-electron chi connectivity index (χ4n) is 2.19. The van der Waals surface area contributed by atoms with Crippen LogP contribution in [0.5, 0.6) is 0 Å². The van der Waals surface area contributed by atoms with Gasteiger partial charge in [0.2, 0.25) is 0 Å². The summed E-state index contributed by atoms with van der Waals surface area (Å²) in [5.41, 5.74) is 1.64. The maximum absolute atomic E-state index is 12.1. The number of benzene rings is 1. The molecule has 0 saturated carbocycles. The fourth-order valence-corrected chi connectivity index (χ4v) is 2.19. The maximum Gasteiger partial charge on any atom is 0.337 e. The molecule has 1 aromatic carbocycles. The Morgan fingerprint density at radius 3 is 2.76 bits per heavy atom. The van der Waals surface area contributed by atoms with Crippen molar-refractivity contribution in [1.29, 1.82) is 0 Å². The smallest absolute Gasteiger partial charge is 0.337 e. The lowest BCUT2D eigenvalue weighted by atomic mass is 10.1. The van der Waals surface area contributed by atoms with E-state index >= 15 is 0 Å². The van der Waals surface area contributed by atoms with E-state index in [1.165, 1.54) is 6.07 Å². The minimum atomic E-state index is -1.09. The number of anilines is 1. The number of hydrogen-bond acceptors (Lipinski definition) is 4. The Morgan fingerprint density at radius 1 is 1.33 bits per heavy atom. The number of amides is 1. The van der Waals surface area contributed by atoms with Gasteiger partial charge < -0.3 is 5.11 Å². The van der Waals surface area contributed by atoms with Crippen molar-refractivity contribution >= 4 is 23.3 Å². The van der Waals surface area contributed by atoms with E-state index in [0.29, 0.717) is 5.71 Å². The number of hydrazone groups is 1. The van der Waals surface area contributed by atoms with Crippen molar-refractivity contribution < 1.29 is 14.7 Å². The number of carbonyl (C=O) groups excluding carboxylic acids is 1. The monoisotopic (exact) mass is 284 g/mol. The second-order valence-electron chi connectivity index (χ2n) is 4.65. The Labute approximate surface area is 120 Å². The number of rotatable bonds is 3. The molecule has 3 rings (SSSR count). The third-order valence-electron chi connectivity index (χ3n) is 3.18.